The topological polar surface area (TPSA) is 42.9 Å². The van der Waals surface area contributed by atoms with Crippen molar-refractivity contribution in [2.75, 3.05) is 38.1 Å². The van der Waals surface area contributed by atoms with Gasteiger partial charge in [0, 0.05) is 57.5 Å². The van der Waals surface area contributed by atoms with E-state index in [1.165, 1.54) is 11.3 Å². The predicted octanol–water partition coefficient (Wildman–Crippen LogP) is 2.85. The molecule has 0 aliphatic carbocycles. The molecule has 0 unspecified atom stereocenters. The molecular weight excluding hydrogens is 322 g/mol. The minimum atomic E-state index is 0.551. The van der Waals surface area contributed by atoms with Crippen LogP contribution in [0.4, 0.5) is 5.69 Å². The minimum Gasteiger partial charge on any atom is -0.364 e. The summed E-state index contributed by atoms with van der Waals surface area (Å²) >= 11 is 0. The van der Waals surface area contributed by atoms with E-state index in [1.807, 2.05) is 7.05 Å². The maximum atomic E-state index is 4.35. The van der Waals surface area contributed by atoms with Crippen molar-refractivity contribution in [2.45, 2.75) is 46.3 Å². The Morgan fingerprint density at radius 3 is 2.42 bits per heavy atom. The standard InChI is InChI=1S/C21H35N5/c1-17(2)26(18(3)4)14-11-23-21(22-5)24-16-19-9-8-10-20(15-19)25-12-6-7-13-25/h6-10,15,17-18H,11-14,16H2,1-5H3,(H2,22,23,24). The van der Waals surface area contributed by atoms with Gasteiger partial charge >= 0.3 is 0 Å². The molecule has 0 radical (unpaired) electrons. The van der Waals surface area contributed by atoms with E-state index in [9.17, 15) is 0 Å². The Balaban J connectivity index is 1.80. The highest BCUT2D eigenvalue weighted by molar-refractivity contribution is 5.79. The van der Waals surface area contributed by atoms with Gasteiger partial charge in [0.15, 0.2) is 5.96 Å². The number of anilines is 1. The zero-order chi connectivity index (χ0) is 18.9. The molecule has 0 bridgehead atoms. The van der Waals surface area contributed by atoms with Crippen LogP contribution in [0.25, 0.3) is 0 Å². The lowest BCUT2D eigenvalue weighted by atomic mass is 10.2. The molecule has 26 heavy (non-hydrogen) atoms. The number of nitrogens with one attached hydrogen (secondary N) is 2. The Morgan fingerprint density at radius 2 is 1.81 bits per heavy atom. The fourth-order valence-electron chi connectivity index (χ4n) is 3.37. The molecule has 0 amide bonds. The summed E-state index contributed by atoms with van der Waals surface area (Å²) in [5.41, 5.74) is 2.55. The molecule has 1 aliphatic heterocycles. The highest BCUT2D eigenvalue weighted by atomic mass is 15.2. The fourth-order valence-corrected chi connectivity index (χ4v) is 3.37. The number of rotatable bonds is 8. The average molecular weight is 358 g/mol. The first-order chi connectivity index (χ1) is 12.5. The smallest absolute Gasteiger partial charge is 0.191 e. The molecule has 1 aromatic carbocycles. The molecule has 0 saturated heterocycles. The second-order valence-electron chi connectivity index (χ2n) is 7.32. The van der Waals surface area contributed by atoms with Crippen LogP contribution in [-0.4, -0.2) is 56.2 Å². The summed E-state index contributed by atoms with van der Waals surface area (Å²) in [5, 5.41) is 6.85. The van der Waals surface area contributed by atoms with E-state index in [-0.39, 0.29) is 0 Å². The van der Waals surface area contributed by atoms with Crippen LogP contribution in [0.2, 0.25) is 0 Å². The number of aliphatic imine (C=N–C) groups is 1. The molecule has 0 fully saturated rings. The third-order valence-corrected chi connectivity index (χ3v) is 4.77. The van der Waals surface area contributed by atoms with Crippen LogP contribution < -0.4 is 15.5 Å². The molecule has 2 N–H and O–H groups in total. The van der Waals surface area contributed by atoms with Gasteiger partial charge in [0.25, 0.3) is 0 Å². The maximum Gasteiger partial charge on any atom is 0.191 e. The predicted molar refractivity (Wildman–Crippen MR) is 113 cm³/mol. The Labute approximate surface area is 159 Å². The molecule has 5 nitrogen and oxygen atoms in total. The monoisotopic (exact) mass is 357 g/mol. The first-order valence-electron chi connectivity index (χ1n) is 9.70. The van der Waals surface area contributed by atoms with E-state index >= 15 is 0 Å². The zero-order valence-corrected chi connectivity index (χ0v) is 17.0. The second kappa shape index (κ2) is 10.2. The average Bonchev–Trinajstić information content (AvgIpc) is 3.15. The Kier molecular flexibility index (Phi) is 7.98. The van der Waals surface area contributed by atoms with Crippen molar-refractivity contribution in [3.05, 3.63) is 42.0 Å². The molecule has 1 aromatic rings. The van der Waals surface area contributed by atoms with E-state index < -0.39 is 0 Å². The molecule has 1 aliphatic rings. The van der Waals surface area contributed by atoms with E-state index in [0.717, 1.165) is 38.7 Å². The van der Waals surface area contributed by atoms with Crippen LogP contribution in [0.3, 0.4) is 0 Å². The largest absolute Gasteiger partial charge is 0.364 e. The summed E-state index contributed by atoms with van der Waals surface area (Å²) in [5.74, 6) is 0.853. The quantitative estimate of drug-likeness (QED) is 0.427. The SMILES string of the molecule is CN=C(NCCN(C(C)C)C(C)C)NCc1cccc(N2CC=CC2)c1. The molecule has 2 rings (SSSR count). The summed E-state index contributed by atoms with van der Waals surface area (Å²) in [6.07, 6.45) is 4.43. The number of hydrogen-bond donors (Lipinski definition) is 2. The van der Waals surface area contributed by atoms with Crippen LogP contribution in [0.15, 0.2) is 41.4 Å². The summed E-state index contributed by atoms with van der Waals surface area (Å²) in [4.78, 5) is 9.19. The van der Waals surface area contributed by atoms with Gasteiger partial charge in [-0.2, -0.15) is 0 Å². The van der Waals surface area contributed by atoms with Crippen molar-refractivity contribution in [1.29, 1.82) is 0 Å². The minimum absolute atomic E-state index is 0.551. The lowest BCUT2D eigenvalue weighted by molar-refractivity contribution is 0.178. The Hall–Kier alpha value is -2.01. The first kappa shape index (κ1) is 20.3. The zero-order valence-electron chi connectivity index (χ0n) is 17.0. The van der Waals surface area contributed by atoms with Crippen LogP contribution in [0, 0.1) is 0 Å². The normalized spacial score (nSPS) is 14.8. The van der Waals surface area contributed by atoms with Gasteiger partial charge in [-0.05, 0) is 45.4 Å². The van der Waals surface area contributed by atoms with Gasteiger partial charge in [0.1, 0.15) is 0 Å². The van der Waals surface area contributed by atoms with Crippen molar-refractivity contribution in [2.24, 2.45) is 4.99 Å². The lowest BCUT2D eigenvalue weighted by Crippen LogP contribution is -2.45. The molecule has 0 atom stereocenters. The van der Waals surface area contributed by atoms with Gasteiger partial charge in [-0.15, -0.1) is 0 Å². The number of benzene rings is 1. The van der Waals surface area contributed by atoms with Crippen molar-refractivity contribution in [3.63, 3.8) is 0 Å². The molecule has 1 heterocycles. The highest BCUT2D eigenvalue weighted by Gasteiger charge is 2.13. The first-order valence-corrected chi connectivity index (χ1v) is 9.70. The molecule has 0 spiro atoms. The van der Waals surface area contributed by atoms with Crippen LogP contribution >= 0.6 is 0 Å². The summed E-state index contributed by atoms with van der Waals surface area (Å²) in [7, 11) is 1.82. The number of guanidine groups is 1. The second-order valence-corrected chi connectivity index (χ2v) is 7.32. The molecule has 0 saturated carbocycles. The van der Waals surface area contributed by atoms with Crippen molar-refractivity contribution in [1.82, 2.24) is 15.5 Å². The summed E-state index contributed by atoms with van der Waals surface area (Å²) in [6.45, 7) is 13.7. The van der Waals surface area contributed by atoms with Crippen molar-refractivity contribution < 1.29 is 0 Å². The van der Waals surface area contributed by atoms with Crippen LogP contribution in [0.1, 0.15) is 33.3 Å². The van der Waals surface area contributed by atoms with E-state index in [1.54, 1.807) is 0 Å². The van der Waals surface area contributed by atoms with E-state index in [0.29, 0.717) is 12.1 Å². The number of hydrogen-bond acceptors (Lipinski definition) is 3. The molecular formula is C21H35N5. The third kappa shape index (κ3) is 6.06. The maximum absolute atomic E-state index is 4.35. The van der Waals surface area contributed by atoms with Crippen molar-refractivity contribution >= 4 is 11.6 Å². The Bertz CT molecular complexity index is 590. The van der Waals surface area contributed by atoms with Crippen molar-refractivity contribution in [3.8, 4) is 0 Å². The molecule has 5 heteroatoms. The third-order valence-electron chi connectivity index (χ3n) is 4.77. The molecule has 144 valence electrons. The summed E-state index contributed by atoms with van der Waals surface area (Å²) < 4.78 is 0. The van der Waals surface area contributed by atoms with Crippen LogP contribution in [0.5, 0.6) is 0 Å². The number of nitrogens with zero attached hydrogens (tertiary/aromatic N) is 3. The van der Waals surface area contributed by atoms with Gasteiger partial charge in [-0.3, -0.25) is 9.89 Å². The van der Waals surface area contributed by atoms with Crippen LogP contribution in [-0.2, 0) is 6.54 Å². The van der Waals surface area contributed by atoms with Gasteiger partial charge in [-0.25, -0.2) is 0 Å². The van der Waals surface area contributed by atoms with E-state index in [2.05, 4.69) is 89.5 Å². The summed E-state index contributed by atoms with van der Waals surface area (Å²) in [6, 6.07) is 9.82. The van der Waals surface area contributed by atoms with Gasteiger partial charge in [-0.1, -0.05) is 24.3 Å². The van der Waals surface area contributed by atoms with Gasteiger partial charge in [0.2, 0.25) is 0 Å². The molecule has 0 aromatic heterocycles. The van der Waals surface area contributed by atoms with E-state index in [4.69, 9.17) is 0 Å². The lowest BCUT2D eigenvalue weighted by Gasteiger charge is -2.30. The fraction of sp³-hybridized carbons (Fsp3) is 0.571. The highest BCUT2D eigenvalue weighted by Crippen LogP contribution is 2.18. The van der Waals surface area contributed by atoms with Gasteiger partial charge in [0.05, 0.1) is 0 Å². The van der Waals surface area contributed by atoms with Gasteiger partial charge < -0.3 is 15.5 Å². The Morgan fingerprint density at radius 1 is 1.12 bits per heavy atom.